The second kappa shape index (κ2) is 5.34. The normalized spacial score (nSPS) is 10.8. The fourth-order valence-electron chi connectivity index (χ4n) is 1.70. The predicted molar refractivity (Wildman–Crippen MR) is 71.0 cm³/mol. The van der Waals surface area contributed by atoms with Crippen molar-refractivity contribution >= 4 is 11.6 Å². The summed E-state index contributed by atoms with van der Waals surface area (Å²) in [7, 11) is 1.91. The molecule has 1 aromatic heterocycles. The first-order valence-electron chi connectivity index (χ1n) is 5.69. The third kappa shape index (κ3) is 2.87. The molecule has 2 rings (SSSR count). The molecule has 0 aliphatic carbocycles. The standard InChI is InChI=1S/C13H16ClN3/c1-3-15-7-11-5-4-10(6-13(11)14)12-8-16-17(2)9-12/h4-6,8-9,15H,3,7H2,1-2H3. The van der Waals surface area contributed by atoms with Crippen molar-refractivity contribution in [2.75, 3.05) is 6.54 Å². The molecule has 0 saturated heterocycles. The number of rotatable bonds is 4. The lowest BCUT2D eigenvalue weighted by Gasteiger charge is -2.06. The minimum atomic E-state index is 0.798. The SMILES string of the molecule is CCNCc1ccc(-c2cnn(C)c2)cc1Cl. The van der Waals surface area contributed by atoms with Gasteiger partial charge in [0.25, 0.3) is 0 Å². The summed E-state index contributed by atoms with van der Waals surface area (Å²) in [4.78, 5) is 0. The van der Waals surface area contributed by atoms with Gasteiger partial charge in [-0.15, -0.1) is 0 Å². The summed E-state index contributed by atoms with van der Waals surface area (Å²) in [6.07, 6.45) is 3.82. The van der Waals surface area contributed by atoms with E-state index in [1.54, 1.807) is 4.68 Å². The van der Waals surface area contributed by atoms with Crippen LogP contribution in [0.15, 0.2) is 30.6 Å². The van der Waals surface area contributed by atoms with Gasteiger partial charge >= 0.3 is 0 Å². The first-order chi connectivity index (χ1) is 8.20. The summed E-state index contributed by atoms with van der Waals surface area (Å²) < 4.78 is 1.79. The van der Waals surface area contributed by atoms with Crippen molar-refractivity contribution in [1.29, 1.82) is 0 Å². The quantitative estimate of drug-likeness (QED) is 0.903. The van der Waals surface area contributed by atoms with E-state index in [2.05, 4.69) is 29.5 Å². The summed E-state index contributed by atoms with van der Waals surface area (Å²) in [5.74, 6) is 0. The van der Waals surface area contributed by atoms with Gasteiger partial charge in [0.05, 0.1) is 6.20 Å². The second-order valence-corrected chi connectivity index (χ2v) is 4.40. The van der Waals surface area contributed by atoms with E-state index in [4.69, 9.17) is 11.6 Å². The molecular weight excluding hydrogens is 234 g/mol. The van der Waals surface area contributed by atoms with Crippen molar-refractivity contribution in [3.05, 3.63) is 41.2 Å². The Kier molecular flexibility index (Phi) is 3.82. The number of hydrogen-bond acceptors (Lipinski definition) is 2. The summed E-state index contributed by atoms with van der Waals surface area (Å²) in [5, 5.41) is 8.22. The molecule has 0 fully saturated rings. The van der Waals surface area contributed by atoms with Gasteiger partial charge in [0.15, 0.2) is 0 Å². The molecule has 0 aliphatic heterocycles. The third-order valence-corrected chi connectivity index (χ3v) is 3.01. The van der Waals surface area contributed by atoms with Crippen LogP contribution in [0.3, 0.4) is 0 Å². The van der Waals surface area contributed by atoms with Gasteiger partial charge < -0.3 is 5.32 Å². The minimum Gasteiger partial charge on any atom is -0.313 e. The van der Waals surface area contributed by atoms with Crippen LogP contribution in [-0.2, 0) is 13.6 Å². The van der Waals surface area contributed by atoms with E-state index in [0.29, 0.717) is 0 Å². The van der Waals surface area contributed by atoms with Crippen LogP contribution in [0, 0.1) is 0 Å². The highest BCUT2D eigenvalue weighted by Crippen LogP contribution is 2.25. The largest absolute Gasteiger partial charge is 0.313 e. The lowest BCUT2D eigenvalue weighted by atomic mass is 10.1. The predicted octanol–water partition coefficient (Wildman–Crippen LogP) is 2.85. The van der Waals surface area contributed by atoms with E-state index >= 15 is 0 Å². The lowest BCUT2D eigenvalue weighted by Crippen LogP contribution is -2.11. The van der Waals surface area contributed by atoms with Gasteiger partial charge in [0.1, 0.15) is 0 Å². The molecule has 1 heterocycles. The Hall–Kier alpha value is -1.32. The number of nitrogens with one attached hydrogen (secondary N) is 1. The Morgan fingerprint density at radius 1 is 1.35 bits per heavy atom. The molecule has 4 heteroatoms. The molecule has 0 aliphatic rings. The van der Waals surface area contributed by atoms with Crippen LogP contribution in [0.5, 0.6) is 0 Å². The van der Waals surface area contributed by atoms with Crippen LogP contribution in [-0.4, -0.2) is 16.3 Å². The lowest BCUT2D eigenvalue weighted by molar-refractivity contribution is 0.727. The van der Waals surface area contributed by atoms with E-state index in [9.17, 15) is 0 Å². The number of halogens is 1. The van der Waals surface area contributed by atoms with Crippen LogP contribution in [0.4, 0.5) is 0 Å². The zero-order valence-corrected chi connectivity index (χ0v) is 10.8. The average molecular weight is 250 g/mol. The number of nitrogens with zero attached hydrogens (tertiary/aromatic N) is 2. The van der Waals surface area contributed by atoms with Crippen molar-refractivity contribution in [3.8, 4) is 11.1 Å². The summed E-state index contributed by atoms with van der Waals surface area (Å²) in [5.41, 5.74) is 3.31. The highest BCUT2D eigenvalue weighted by atomic mass is 35.5. The van der Waals surface area contributed by atoms with Gasteiger partial charge in [-0.1, -0.05) is 30.7 Å². The maximum absolute atomic E-state index is 6.25. The van der Waals surface area contributed by atoms with Crippen molar-refractivity contribution in [2.45, 2.75) is 13.5 Å². The van der Waals surface area contributed by atoms with Crippen LogP contribution < -0.4 is 5.32 Å². The molecule has 1 aromatic carbocycles. The molecule has 90 valence electrons. The molecule has 3 nitrogen and oxygen atoms in total. The first-order valence-corrected chi connectivity index (χ1v) is 6.06. The van der Waals surface area contributed by atoms with E-state index in [0.717, 1.165) is 34.8 Å². The Morgan fingerprint density at radius 2 is 2.18 bits per heavy atom. The maximum Gasteiger partial charge on any atom is 0.0568 e. The maximum atomic E-state index is 6.25. The summed E-state index contributed by atoms with van der Waals surface area (Å²) in [6, 6.07) is 6.13. The molecule has 0 spiro atoms. The Morgan fingerprint density at radius 3 is 2.76 bits per heavy atom. The monoisotopic (exact) mass is 249 g/mol. The molecule has 0 amide bonds. The van der Waals surface area contributed by atoms with Gasteiger partial charge in [-0.05, 0) is 23.7 Å². The number of aryl methyl sites for hydroxylation is 1. The number of hydrogen-bond donors (Lipinski definition) is 1. The molecule has 0 saturated carbocycles. The van der Waals surface area contributed by atoms with Crippen LogP contribution >= 0.6 is 11.6 Å². The van der Waals surface area contributed by atoms with E-state index in [-0.39, 0.29) is 0 Å². The highest BCUT2D eigenvalue weighted by molar-refractivity contribution is 6.31. The zero-order chi connectivity index (χ0) is 12.3. The Bertz CT molecular complexity index is 505. The van der Waals surface area contributed by atoms with E-state index < -0.39 is 0 Å². The van der Waals surface area contributed by atoms with Crippen LogP contribution in [0.1, 0.15) is 12.5 Å². The summed E-state index contributed by atoms with van der Waals surface area (Å²) >= 11 is 6.25. The van der Waals surface area contributed by atoms with Crippen molar-refractivity contribution < 1.29 is 0 Å². The number of aromatic nitrogens is 2. The van der Waals surface area contributed by atoms with E-state index in [1.807, 2.05) is 25.5 Å². The van der Waals surface area contributed by atoms with Gasteiger partial charge in [-0.25, -0.2) is 0 Å². The molecular formula is C13H16ClN3. The van der Waals surface area contributed by atoms with Crippen molar-refractivity contribution in [1.82, 2.24) is 15.1 Å². The Balaban J connectivity index is 2.24. The Labute approximate surface area is 106 Å². The van der Waals surface area contributed by atoms with E-state index in [1.165, 1.54) is 0 Å². The third-order valence-electron chi connectivity index (χ3n) is 2.66. The highest BCUT2D eigenvalue weighted by Gasteiger charge is 2.04. The average Bonchev–Trinajstić information content (AvgIpc) is 2.74. The topological polar surface area (TPSA) is 29.9 Å². The molecule has 0 atom stereocenters. The molecule has 1 N–H and O–H groups in total. The fourth-order valence-corrected chi connectivity index (χ4v) is 1.95. The van der Waals surface area contributed by atoms with Gasteiger partial charge in [-0.2, -0.15) is 5.10 Å². The van der Waals surface area contributed by atoms with Crippen molar-refractivity contribution in [3.63, 3.8) is 0 Å². The zero-order valence-electron chi connectivity index (χ0n) is 10.1. The minimum absolute atomic E-state index is 0.798. The molecule has 0 radical (unpaired) electrons. The van der Waals surface area contributed by atoms with Gasteiger partial charge in [0.2, 0.25) is 0 Å². The van der Waals surface area contributed by atoms with Gasteiger partial charge in [-0.3, -0.25) is 4.68 Å². The second-order valence-electron chi connectivity index (χ2n) is 3.99. The summed E-state index contributed by atoms with van der Waals surface area (Å²) in [6.45, 7) is 3.83. The molecule has 0 unspecified atom stereocenters. The molecule has 0 bridgehead atoms. The van der Waals surface area contributed by atoms with Crippen molar-refractivity contribution in [2.24, 2.45) is 7.05 Å². The molecule has 17 heavy (non-hydrogen) atoms. The molecule has 2 aromatic rings. The fraction of sp³-hybridized carbons (Fsp3) is 0.308. The first kappa shape index (κ1) is 12.1. The van der Waals surface area contributed by atoms with Gasteiger partial charge in [0, 0.05) is 30.4 Å². The smallest absolute Gasteiger partial charge is 0.0568 e. The van der Waals surface area contributed by atoms with Crippen LogP contribution in [0.25, 0.3) is 11.1 Å². The van der Waals surface area contributed by atoms with Crippen LogP contribution in [0.2, 0.25) is 5.02 Å². The number of benzene rings is 1.